The molecule has 0 saturated heterocycles. The predicted molar refractivity (Wildman–Crippen MR) is 74.8 cm³/mol. The van der Waals surface area contributed by atoms with Gasteiger partial charge in [0.2, 0.25) is 0 Å². The Morgan fingerprint density at radius 2 is 1.94 bits per heavy atom. The summed E-state index contributed by atoms with van der Waals surface area (Å²) >= 11 is 2.36. The molecule has 0 bridgehead atoms. The zero-order valence-corrected chi connectivity index (χ0v) is 13.0. The van der Waals surface area contributed by atoms with Gasteiger partial charge in [-0.1, -0.05) is 29.5 Å². The minimum Gasteiger partial charge on any atom is -0.459 e. The van der Waals surface area contributed by atoms with E-state index in [1.54, 1.807) is 0 Å². The highest BCUT2D eigenvalue weighted by atomic mass is 127. The van der Waals surface area contributed by atoms with Crippen molar-refractivity contribution < 1.29 is 9.53 Å². The molecule has 0 aromatic rings. The van der Waals surface area contributed by atoms with E-state index in [-0.39, 0.29) is 17.0 Å². The summed E-state index contributed by atoms with van der Waals surface area (Å²) in [6.45, 7) is 8.18. The molecule has 1 atom stereocenters. The van der Waals surface area contributed by atoms with E-state index in [0.717, 1.165) is 19.3 Å². The fourth-order valence-electron chi connectivity index (χ4n) is 2.37. The molecule has 0 aromatic carbocycles. The van der Waals surface area contributed by atoms with Crippen molar-refractivity contribution >= 4 is 28.6 Å². The molecule has 0 aromatic heterocycles. The van der Waals surface area contributed by atoms with Crippen LogP contribution in [-0.4, -0.2) is 15.5 Å². The van der Waals surface area contributed by atoms with Gasteiger partial charge in [0, 0.05) is 3.92 Å². The maximum Gasteiger partial charge on any atom is 0.312 e. The van der Waals surface area contributed by atoms with Gasteiger partial charge in [-0.2, -0.15) is 0 Å². The van der Waals surface area contributed by atoms with Crippen LogP contribution in [0.3, 0.4) is 0 Å². The number of carbonyl (C=O) groups is 1. The zero-order chi connectivity index (χ0) is 12.4. The summed E-state index contributed by atoms with van der Waals surface area (Å²) in [7, 11) is 0. The third kappa shape index (κ3) is 3.90. The van der Waals surface area contributed by atoms with E-state index in [4.69, 9.17) is 4.74 Å². The van der Waals surface area contributed by atoms with Gasteiger partial charge in [0.15, 0.2) is 0 Å². The average Bonchev–Trinajstić information content (AvgIpc) is 2.49. The minimum absolute atomic E-state index is 0.0274. The molecule has 0 amide bonds. The molecular formula is C13H23IO2. The molecule has 16 heavy (non-hydrogen) atoms. The summed E-state index contributed by atoms with van der Waals surface area (Å²) in [4.78, 5) is 12.1. The summed E-state index contributed by atoms with van der Waals surface area (Å²) in [6.07, 6.45) is 5.30. The molecule has 0 aliphatic heterocycles. The highest BCUT2D eigenvalue weighted by molar-refractivity contribution is 14.1. The number of hydrogen-bond donors (Lipinski definition) is 0. The van der Waals surface area contributed by atoms with Crippen molar-refractivity contribution in [1.29, 1.82) is 0 Å². The number of halogens is 1. The lowest BCUT2D eigenvalue weighted by atomic mass is 9.88. The number of alkyl halides is 1. The van der Waals surface area contributed by atoms with Gasteiger partial charge in [-0.3, -0.25) is 4.79 Å². The first-order valence-corrected chi connectivity index (χ1v) is 7.37. The van der Waals surface area contributed by atoms with Gasteiger partial charge in [0.05, 0.1) is 5.41 Å². The number of rotatable bonds is 4. The normalized spacial score (nSPS) is 21.8. The van der Waals surface area contributed by atoms with Crippen LogP contribution in [-0.2, 0) is 9.53 Å². The second kappa shape index (κ2) is 5.23. The van der Waals surface area contributed by atoms with Crippen molar-refractivity contribution in [2.75, 3.05) is 0 Å². The first kappa shape index (κ1) is 14.3. The van der Waals surface area contributed by atoms with Crippen molar-refractivity contribution in [2.45, 2.75) is 69.3 Å². The van der Waals surface area contributed by atoms with E-state index in [9.17, 15) is 4.79 Å². The Balaban J connectivity index is 2.56. The Kier molecular flexibility index (Phi) is 4.66. The second-order valence-corrected chi connectivity index (χ2v) is 8.04. The van der Waals surface area contributed by atoms with E-state index in [2.05, 4.69) is 36.4 Å². The van der Waals surface area contributed by atoms with Crippen molar-refractivity contribution in [1.82, 2.24) is 0 Å². The lowest BCUT2D eigenvalue weighted by Gasteiger charge is -2.31. The number of hydrogen-bond acceptors (Lipinski definition) is 2. The molecule has 1 unspecified atom stereocenters. The van der Waals surface area contributed by atoms with Crippen molar-refractivity contribution in [3.8, 4) is 0 Å². The van der Waals surface area contributed by atoms with Gasteiger partial charge in [0.25, 0.3) is 0 Å². The topological polar surface area (TPSA) is 26.3 Å². The molecule has 1 aliphatic rings. The Labute approximate surface area is 113 Å². The van der Waals surface area contributed by atoms with Gasteiger partial charge in [-0.05, 0) is 52.9 Å². The Morgan fingerprint density at radius 3 is 2.38 bits per heavy atom. The van der Waals surface area contributed by atoms with Crippen LogP contribution in [0.15, 0.2) is 0 Å². The molecule has 0 N–H and O–H groups in total. The molecule has 1 aliphatic carbocycles. The van der Waals surface area contributed by atoms with Gasteiger partial charge in [-0.15, -0.1) is 0 Å². The zero-order valence-electron chi connectivity index (χ0n) is 10.8. The van der Waals surface area contributed by atoms with Gasteiger partial charge in [0.1, 0.15) is 5.60 Å². The van der Waals surface area contributed by atoms with Crippen LogP contribution in [0.2, 0.25) is 0 Å². The van der Waals surface area contributed by atoms with Crippen LogP contribution < -0.4 is 0 Å². The number of carbonyl (C=O) groups excluding carboxylic acids is 1. The van der Waals surface area contributed by atoms with Crippen molar-refractivity contribution in [2.24, 2.45) is 5.41 Å². The van der Waals surface area contributed by atoms with E-state index in [1.165, 1.54) is 12.8 Å². The van der Waals surface area contributed by atoms with Crippen LogP contribution in [0, 0.1) is 5.41 Å². The van der Waals surface area contributed by atoms with Gasteiger partial charge < -0.3 is 4.74 Å². The maximum absolute atomic E-state index is 12.1. The fraction of sp³-hybridized carbons (Fsp3) is 0.923. The highest BCUT2D eigenvalue weighted by Crippen LogP contribution is 2.36. The summed E-state index contributed by atoms with van der Waals surface area (Å²) in [5.41, 5.74) is -0.547. The van der Waals surface area contributed by atoms with Crippen LogP contribution in [0.4, 0.5) is 0 Å². The summed E-state index contributed by atoms with van der Waals surface area (Å²) < 4.78 is 6.22. The maximum atomic E-state index is 12.1. The minimum atomic E-state index is -0.355. The Morgan fingerprint density at radius 1 is 1.44 bits per heavy atom. The third-order valence-corrected chi connectivity index (χ3v) is 3.78. The van der Waals surface area contributed by atoms with Crippen LogP contribution >= 0.6 is 22.6 Å². The molecule has 94 valence electrons. The highest BCUT2D eigenvalue weighted by Gasteiger charge is 2.38. The number of esters is 1. The SMILES string of the molecule is CC(I)CC(C)(C)C(=O)OC1(C)CCCC1. The molecule has 1 saturated carbocycles. The Hall–Kier alpha value is 0.200. The lowest BCUT2D eigenvalue weighted by Crippen LogP contribution is -2.36. The number of ether oxygens (including phenoxy) is 1. The molecule has 0 heterocycles. The molecule has 2 nitrogen and oxygen atoms in total. The average molecular weight is 338 g/mol. The van der Waals surface area contributed by atoms with E-state index in [1.807, 2.05) is 13.8 Å². The second-order valence-electron chi connectivity index (χ2n) is 5.92. The van der Waals surface area contributed by atoms with E-state index >= 15 is 0 Å². The smallest absolute Gasteiger partial charge is 0.312 e. The van der Waals surface area contributed by atoms with Crippen LogP contribution in [0.5, 0.6) is 0 Å². The third-order valence-electron chi connectivity index (χ3n) is 3.34. The monoisotopic (exact) mass is 338 g/mol. The standard InChI is InChI=1S/C13H23IO2/c1-10(14)9-12(2,3)11(15)16-13(4)7-5-6-8-13/h10H,5-9H2,1-4H3. The van der Waals surface area contributed by atoms with Gasteiger partial charge in [-0.25, -0.2) is 0 Å². The predicted octanol–water partition coefficient (Wildman–Crippen LogP) is 4.10. The summed E-state index contributed by atoms with van der Waals surface area (Å²) in [6, 6.07) is 0. The largest absolute Gasteiger partial charge is 0.459 e. The molecule has 1 rings (SSSR count). The molecule has 0 radical (unpaired) electrons. The molecular weight excluding hydrogens is 315 g/mol. The van der Waals surface area contributed by atoms with Gasteiger partial charge >= 0.3 is 5.97 Å². The van der Waals surface area contributed by atoms with Crippen molar-refractivity contribution in [3.63, 3.8) is 0 Å². The molecule has 3 heteroatoms. The van der Waals surface area contributed by atoms with Crippen LogP contribution in [0.1, 0.15) is 59.8 Å². The van der Waals surface area contributed by atoms with E-state index < -0.39 is 0 Å². The first-order valence-electron chi connectivity index (χ1n) is 6.13. The van der Waals surface area contributed by atoms with Crippen LogP contribution in [0.25, 0.3) is 0 Å². The molecule has 1 fully saturated rings. The fourth-order valence-corrected chi connectivity index (χ4v) is 3.47. The van der Waals surface area contributed by atoms with Crippen molar-refractivity contribution in [3.05, 3.63) is 0 Å². The summed E-state index contributed by atoms with van der Waals surface area (Å²) in [5, 5.41) is 0. The Bertz CT molecular complexity index is 253. The van der Waals surface area contributed by atoms with E-state index in [0.29, 0.717) is 3.92 Å². The lowest BCUT2D eigenvalue weighted by molar-refractivity contribution is -0.168. The molecule has 0 spiro atoms. The first-order chi connectivity index (χ1) is 7.25. The quantitative estimate of drug-likeness (QED) is 0.438. The summed E-state index contributed by atoms with van der Waals surface area (Å²) in [5.74, 6) is -0.0274.